The van der Waals surface area contributed by atoms with Gasteiger partial charge in [0.1, 0.15) is 6.61 Å². The van der Waals surface area contributed by atoms with E-state index in [0.717, 1.165) is 27.8 Å². The van der Waals surface area contributed by atoms with Crippen LogP contribution in [0.4, 0.5) is 10.5 Å². The molecule has 178 valence electrons. The molecular weight excluding hydrogens is 444 g/mol. The van der Waals surface area contributed by atoms with Gasteiger partial charge < -0.3 is 20.5 Å². The average Bonchev–Trinajstić information content (AvgIpc) is 3.59. The molecule has 0 spiro atoms. The Labute approximate surface area is 203 Å². The molecule has 0 atom stereocenters. The molecule has 0 bridgehead atoms. The van der Waals surface area contributed by atoms with Crippen molar-refractivity contribution in [2.75, 3.05) is 18.5 Å². The highest BCUT2D eigenvalue weighted by atomic mass is 16.5. The Balaban J connectivity index is 1.19. The molecule has 3 aromatic rings. The van der Waals surface area contributed by atoms with Crippen molar-refractivity contribution < 1.29 is 24.2 Å². The van der Waals surface area contributed by atoms with Crippen LogP contribution in [0.5, 0.6) is 0 Å². The highest BCUT2D eigenvalue weighted by Crippen LogP contribution is 2.46. The third-order valence-corrected chi connectivity index (χ3v) is 6.90. The Morgan fingerprint density at radius 3 is 2.20 bits per heavy atom. The van der Waals surface area contributed by atoms with Crippen LogP contribution in [0.25, 0.3) is 11.1 Å². The fourth-order valence-corrected chi connectivity index (χ4v) is 4.72. The van der Waals surface area contributed by atoms with Crippen molar-refractivity contribution in [3.8, 4) is 11.1 Å². The smallest absolute Gasteiger partial charge is 0.407 e. The molecule has 0 radical (unpaired) electrons. The van der Waals surface area contributed by atoms with E-state index in [-0.39, 0.29) is 36.2 Å². The summed E-state index contributed by atoms with van der Waals surface area (Å²) >= 11 is 0. The number of ether oxygens (including phenoxy) is 1. The van der Waals surface area contributed by atoms with Gasteiger partial charge in [0.15, 0.2) is 0 Å². The number of hydrogen-bond acceptors (Lipinski definition) is 4. The number of hydrogen-bond donors (Lipinski definition) is 3. The Morgan fingerprint density at radius 2 is 1.60 bits per heavy atom. The largest absolute Gasteiger partial charge is 0.478 e. The predicted octanol–water partition coefficient (Wildman–Crippen LogP) is 4.95. The molecule has 0 saturated heterocycles. The maximum Gasteiger partial charge on any atom is 0.407 e. The molecule has 0 heterocycles. The first-order chi connectivity index (χ1) is 16.9. The second kappa shape index (κ2) is 8.91. The zero-order chi connectivity index (χ0) is 24.6. The molecule has 3 N–H and O–H groups in total. The lowest BCUT2D eigenvalue weighted by Gasteiger charge is -2.18. The van der Waals surface area contributed by atoms with Gasteiger partial charge in [-0.25, -0.2) is 9.59 Å². The summed E-state index contributed by atoms with van der Waals surface area (Å²) in [4.78, 5) is 37.0. The highest BCUT2D eigenvalue weighted by Gasteiger charge is 2.50. The minimum absolute atomic E-state index is 0.0395. The summed E-state index contributed by atoms with van der Waals surface area (Å²) in [6, 6.07) is 21.1. The number of amides is 2. The van der Waals surface area contributed by atoms with Gasteiger partial charge in [0.25, 0.3) is 0 Å². The quantitative estimate of drug-likeness (QED) is 0.453. The summed E-state index contributed by atoms with van der Waals surface area (Å²) in [5.41, 5.74) is 4.90. The molecule has 2 amide bonds. The topological polar surface area (TPSA) is 105 Å². The number of carbonyl (C=O) groups is 3. The number of alkyl carbamates (subject to hydrolysis) is 1. The Bertz CT molecular complexity index is 1280. The average molecular weight is 471 g/mol. The van der Waals surface area contributed by atoms with Crippen molar-refractivity contribution in [3.05, 3.63) is 89.0 Å². The van der Waals surface area contributed by atoms with E-state index in [0.29, 0.717) is 12.8 Å². The van der Waals surface area contributed by atoms with Crippen LogP contribution in [0.2, 0.25) is 0 Å². The highest BCUT2D eigenvalue weighted by molar-refractivity contribution is 6.03. The molecule has 0 unspecified atom stereocenters. The van der Waals surface area contributed by atoms with E-state index >= 15 is 0 Å². The third kappa shape index (κ3) is 4.37. The van der Waals surface area contributed by atoms with Crippen molar-refractivity contribution in [2.24, 2.45) is 5.41 Å². The lowest BCUT2D eigenvalue weighted by Crippen LogP contribution is -2.38. The molecule has 2 aliphatic carbocycles. The summed E-state index contributed by atoms with van der Waals surface area (Å²) in [6.07, 6.45) is 0.639. The van der Waals surface area contributed by atoms with Gasteiger partial charge in [0.05, 0.1) is 16.7 Å². The summed E-state index contributed by atoms with van der Waals surface area (Å²) in [6.45, 7) is 2.12. The zero-order valence-corrected chi connectivity index (χ0v) is 19.3. The minimum atomic E-state index is -1.11. The molecule has 1 saturated carbocycles. The van der Waals surface area contributed by atoms with Gasteiger partial charge in [-0.2, -0.15) is 0 Å². The Morgan fingerprint density at radius 1 is 0.971 bits per heavy atom. The minimum Gasteiger partial charge on any atom is -0.478 e. The monoisotopic (exact) mass is 470 g/mol. The van der Waals surface area contributed by atoms with Crippen LogP contribution in [0.15, 0.2) is 66.7 Å². The van der Waals surface area contributed by atoms with Crippen LogP contribution >= 0.6 is 0 Å². The predicted molar refractivity (Wildman–Crippen MR) is 132 cm³/mol. The number of carbonyl (C=O) groups excluding carboxylic acids is 2. The van der Waals surface area contributed by atoms with Gasteiger partial charge >= 0.3 is 12.1 Å². The molecule has 35 heavy (non-hydrogen) atoms. The number of rotatable bonds is 7. The molecule has 5 rings (SSSR count). The molecule has 7 heteroatoms. The van der Waals surface area contributed by atoms with Crippen LogP contribution in [0.1, 0.15) is 45.8 Å². The number of aromatic carboxylic acids is 1. The van der Waals surface area contributed by atoms with Crippen LogP contribution in [0, 0.1) is 12.3 Å². The van der Waals surface area contributed by atoms with Gasteiger partial charge in [-0.1, -0.05) is 60.2 Å². The van der Waals surface area contributed by atoms with E-state index in [2.05, 4.69) is 34.9 Å². The zero-order valence-electron chi connectivity index (χ0n) is 19.3. The first-order valence-electron chi connectivity index (χ1n) is 11.6. The number of fused-ring (bicyclic) bond motifs is 3. The van der Waals surface area contributed by atoms with Crippen LogP contribution in [-0.4, -0.2) is 36.2 Å². The van der Waals surface area contributed by atoms with Crippen LogP contribution in [0.3, 0.4) is 0 Å². The third-order valence-electron chi connectivity index (χ3n) is 6.90. The lowest BCUT2D eigenvalue weighted by atomic mass is 9.98. The second-order valence-corrected chi connectivity index (χ2v) is 9.27. The summed E-state index contributed by atoms with van der Waals surface area (Å²) in [5.74, 6) is -1.45. The number of aryl methyl sites for hydroxylation is 1. The maximum absolute atomic E-state index is 12.9. The normalized spacial score (nSPS) is 15.0. The van der Waals surface area contributed by atoms with E-state index in [1.807, 2.05) is 24.3 Å². The number of benzene rings is 3. The number of carboxylic acids is 1. The van der Waals surface area contributed by atoms with Crippen molar-refractivity contribution in [1.82, 2.24) is 5.32 Å². The maximum atomic E-state index is 12.9. The number of anilines is 1. The van der Waals surface area contributed by atoms with Gasteiger partial charge in [0.2, 0.25) is 5.91 Å². The van der Waals surface area contributed by atoms with Crippen molar-refractivity contribution in [3.63, 3.8) is 0 Å². The molecule has 7 nitrogen and oxygen atoms in total. The number of nitrogens with one attached hydrogen (secondary N) is 2. The van der Waals surface area contributed by atoms with E-state index in [1.54, 1.807) is 19.1 Å². The van der Waals surface area contributed by atoms with E-state index in [4.69, 9.17) is 4.74 Å². The van der Waals surface area contributed by atoms with E-state index in [9.17, 15) is 19.5 Å². The van der Waals surface area contributed by atoms with E-state index in [1.165, 1.54) is 6.07 Å². The van der Waals surface area contributed by atoms with Gasteiger partial charge in [0, 0.05) is 12.5 Å². The summed E-state index contributed by atoms with van der Waals surface area (Å²) in [7, 11) is 0. The summed E-state index contributed by atoms with van der Waals surface area (Å²) in [5, 5.41) is 14.9. The number of carboxylic acid groups (broad SMARTS) is 1. The fraction of sp³-hybridized carbons (Fsp3) is 0.250. The van der Waals surface area contributed by atoms with Gasteiger partial charge in [-0.05, 0) is 54.2 Å². The molecule has 2 aliphatic rings. The van der Waals surface area contributed by atoms with Crippen LogP contribution in [-0.2, 0) is 9.53 Å². The van der Waals surface area contributed by atoms with Gasteiger partial charge in [-0.15, -0.1) is 0 Å². The molecule has 1 fully saturated rings. The fourth-order valence-electron chi connectivity index (χ4n) is 4.72. The van der Waals surface area contributed by atoms with Crippen LogP contribution < -0.4 is 10.6 Å². The van der Waals surface area contributed by atoms with E-state index < -0.39 is 17.5 Å². The molecule has 0 aromatic heterocycles. The summed E-state index contributed by atoms with van der Waals surface area (Å²) < 4.78 is 5.57. The standard InChI is InChI=1S/C28H26N2O5/c1-17-10-11-24(22(14-17)25(31)32)30-26(33)28(12-13-28)16-29-27(34)35-15-23-20-8-4-2-6-18(20)19-7-3-5-9-21(19)23/h2-11,14,23H,12-13,15-16H2,1H3,(H,29,34)(H,30,33)(H,31,32). The van der Waals surface area contributed by atoms with Crippen molar-refractivity contribution >= 4 is 23.7 Å². The van der Waals surface area contributed by atoms with Crippen molar-refractivity contribution in [2.45, 2.75) is 25.7 Å². The first-order valence-corrected chi connectivity index (χ1v) is 11.6. The first kappa shape index (κ1) is 22.7. The molecule has 0 aliphatic heterocycles. The SMILES string of the molecule is Cc1ccc(NC(=O)C2(CNC(=O)OCC3c4ccccc4-c4ccccc43)CC2)c(C(=O)O)c1. The molecule has 3 aromatic carbocycles. The lowest BCUT2D eigenvalue weighted by molar-refractivity contribution is -0.120. The van der Waals surface area contributed by atoms with Gasteiger partial charge in [-0.3, -0.25) is 4.79 Å². The van der Waals surface area contributed by atoms with Crippen molar-refractivity contribution in [1.29, 1.82) is 0 Å². The molecular formula is C28H26N2O5. The Kier molecular flexibility index (Phi) is 5.76. The second-order valence-electron chi connectivity index (χ2n) is 9.27. The Hall–Kier alpha value is -4.13.